The van der Waals surface area contributed by atoms with Crippen LogP contribution in [-0.2, 0) is 0 Å². The van der Waals surface area contributed by atoms with Crippen LogP contribution in [0.25, 0.3) is 21.9 Å². The molecule has 0 saturated heterocycles. The highest BCUT2D eigenvalue weighted by Gasteiger charge is 2.29. The van der Waals surface area contributed by atoms with Crippen LogP contribution in [0, 0.1) is 0 Å². The number of halogens is 5. The van der Waals surface area contributed by atoms with Crippen LogP contribution in [0.4, 0.5) is 14.5 Å². The van der Waals surface area contributed by atoms with Gasteiger partial charge in [-0.1, -0.05) is 41.7 Å². The second-order valence-corrected chi connectivity index (χ2v) is 8.66. The summed E-state index contributed by atoms with van der Waals surface area (Å²) < 4.78 is 36.1. The highest BCUT2D eigenvalue weighted by atomic mass is 35.5. The van der Waals surface area contributed by atoms with Crippen LogP contribution in [0.2, 0.25) is 10.0 Å². The molecule has 0 spiro atoms. The van der Waals surface area contributed by atoms with Gasteiger partial charge < -0.3 is 14.9 Å². The summed E-state index contributed by atoms with van der Waals surface area (Å²) in [6.07, 6.45) is 3.02. The van der Waals surface area contributed by atoms with Crippen molar-refractivity contribution in [3.8, 4) is 5.75 Å². The number of alkyl halides is 3. The van der Waals surface area contributed by atoms with Crippen LogP contribution < -0.4 is 15.4 Å². The minimum Gasteiger partial charge on any atom is -0.452 e. The van der Waals surface area contributed by atoms with Crippen molar-refractivity contribution < 1.29 is 27.5 Å². The number of anilines is 1. The number of rotatable bonds is 7. The summed E-state index contributed by atoms with van der Waals surface area (Å²) in [6.45, 7) is -1.35. The van der Waals surface area contributed by atoms with Gasteiger partial charge in [-0.05, 0) is 36.8 Å². The maximum Gasteiger partial charge on any atom is 0.387 e. The zero-order valence-corrected chi connectivity index (χ0v) is 20.2. The lowest BCUT2D eigenvalue weighted by Crippen LogP contribution is -2.37. The third kappa shape index (κ3) is 4.59. The number of nitrogens with two attached hydrogens (primary N) is 1. The first-order chi connectivity index (χ1) is 16.6. The van der Waals surface area contributed by atoms with Gasteiger partial charge in [-0.25, -0.2) is 0 Å². The summed E-state index contributed by atoms with van der Waals surface area (Å²) in [4.78, 5) is 30.8. The molecular weight excluding hydrogens is 527 g/mol. The van der Waals surface area contributed by atoms with Gasteiger partial charge in [-0.3, -0.25) is 19.5 Å². The number of amides is 2. The molecular formula is C23H16Cl3F2N3O4. The molecule has 0 saturated carbocycles. The van der Waals surface area contributed by atoms with E-state index in [1.807, 2.05) is 0 Å². The van der Waals surface area contributed by atoms with Crippen molar-refractivity contribution in [3.05, 3.63) is 63.9 Å². The van der Waals surface area contributed by atoms with Crippen molar-refractivity contribution in [2.24, 2.45) is 5.73 Å². The lowest BCUT2D eigenvalue weighted by molar-refractivity contribution is -0.0493. The Morgan fingerprint density at radius 2 is 1.86 bits per heavy atom. The SMILES string of the molecule is CCC(Cl)N(C(=O)c1ccc2oc3c(OC(F)F)ccc(C(N)=O)c3c2c1)c1c(Cl)cncc1Cl. The number of hydrogen-bond donors (Lipinski definition) is 1. The molecule has 2 heterocycles. The Morgan fingerprint density at radius 1 is 1.17 bits per heavy atom. The Labute approximate surface area is 212 Å². The lowest BCUT2D eigenvalue weighted by atomic mass is 10.0. The molecule has 0 aliphatic rings. The van der Waals surface area contributed by atoms with Crippen molar-refractivity contribution in [2.75, 3.05) is 4.90 Å². The van der Waals surface area contributed by atoms with Crippen LogP contribution in [0.1, 0.15) is 34.1 Å². The molecule has 4 rings (SSSR count). The summed E-state index contributed by atoms with van der Waals surface area (Å²) in [7, 11) is 0. The van der Waals surface area contributed by atoms with Gasteiger partial charge in [-0.15, -0.1) is 0 Å². The van der Waals surface area contributed by atoms with Gasteiger partial charge >= 0.3 is 6.61 Å². The molecule has 2 aromatic heterocycles. The van der Waals surface area contributed by atoms with E-state index in [1.54, 1.807) is 6.92 Å². The fraction of sp³-hybridized carbons (Fsp3) is 0.174. The van der Waals surface area contributed by atoms with Crippen molar-refractivity contribution >= 4 is 74.2 Å². The molecule has 0 fully saturated rings. The fourth-order valence-electron chi connectivity index (χ4n) is 3.71. The van der Waals surface area contributed by atoms with Gasteiger partial charge in [-0.2, -0.15) is 8.78 Å². The van der Waals surface area contributed by atoms with Gasteiger partial charge in [0, 0.05) is 28.7 Å². The Balaban J connectivity index is 1.93. The Hall–Kier alpha value is -3.14. The first-order valence-electron chi connectivity index (χ1n) is 10.1. The Kier molecular flexibility index (Phi) is 7.02. The smallest absolute Gasteiger partial charge is 0.387 e. The normalized spacial score (nSPS) is 12.3. The highest BCUT2D eigenvalue weighted by Crippen LogP contribution is 2.40. The molecule has 2 N–H and O–H groups in total. The number of pyridine rings is 1. The average Bonchev–Trinajstić information content (AvgIpc) is 3.19. The van der Waals surface area contributed by atoms with E-state index in [0.717, 1.165) is 6.07 Å². The summed E-state index contributed by atoms with van der Waals surface area (Å²) in [5.41, 5.74) is 5.11. The number of primary amides is 1. The number of furan rings is 1. The van der Waals surface area contributed by atoms with Crippen LogP contribution in [0.3, 0.4) is 0 Å². The average molecular weight is 543 g/mol. The van der Waals surface area contributed by atoms with E-state index in [1.165, 1.54) is 41.6 Å². The predicted molar refractivity (Wildman–Crippen MR) is 130 cm³/mol. The predicted octanol–water partition coefficient (Wildman–Crippen LogP) is 6.61. The van der Waals surface area contributed by atoms with E-state index in [9.17, 15) is 18.4 Å². The number of hydrogen-bond acceptors (Lipinski definition) is 5. The largest absolute Gasteiger partial charge is 0.452 e. The molecule has 2 amide bonds. The second kappa shape index (κ2) is 9.85. The van der Waals surface area contributed by atoms with E-state index >= 15 is 0 Å². The molecule has 1 unspecified atom stereocenters. The quantitative estimate of drug-likeness (QED) is 0.209. The molecule has 0 bridgehead atoms. The number of carbonyl (C=O) groups is 2. The molecule has 0 aliphatic heterocycles. The summed E-state index contributed by atoms with van der Waals surface area (Å²) in [5.74, 6) is -1.66. The fourth-order valence-corrected chi connectivity index (χ4v) is 4.44. The number of ether oxygens (including phenoxy) is 1. The monoisotopic (exact) mass is 541 g/mol. The molecule has 4 aromatic rings. The van der Waals surface area contributed by atoms with Crippen LogP contribution in [-0.4, -0.2) is 28.9 Å². The molecule has 1 atom stereocenters. The van der Waals surface area contributed by atoms with Gasteiger partial charge in [0.1, 0.15) is 11.1 Å². The molecule has 182 valence electrons. The summed E-state index contributed by atoms with van der Waals surface area (Å²) in [5, 5.41) is 0.646. The molecule has 35 heavy (non-hydrogen) atoms. The van der Waals surface area contributed by atoms with Crippen LogP contribution >= 0.6 is 34.8 Å². The first kappa shape index (κ1) is 25.0. The molecule has 12 heteroatoms. The van der Waals surface area contributed by atoms with Gasteiger partial charge in [0.05, 0.1) is 21.3 Å². The third-order valence-electron chi connectivity index (χ3n) is 5.22. The minimum atomic E-state index is -3.12. The zero-order valence-electron chi connectivity index (χ0n) is 17.9. The Morgan fingerprint density at radius 3 is 2.46 bits per heavy atom. The number of benzene rings is 2. The van der Waals surface area contributed by atoms with Gasteiger partial charge in [0.15, 0.2) is 11.3 Å². The number of aromatic nitrogens is 1. The van der Waals surface area contributed by atoms with E-state index in [-0.39, 0.29) is 54.5 Å². The summed E-state index contributed by atoms with van der Waals surface area (Å²) >= 11 is 19.1. The summed E-state index contributed by atoms with van der Waals surface area (Å²) in [6, 6.07) is 6.78. The third-order valence-corrected chi connectivity index (χ3v) is 6.27. The van der Waals surface area contributed by atoms with Crippen molar-refractivity contribution in [1.29, 1.82) is 0 Å². The highest BCUT2D eigenvalue weighted by molar-refractivity contribution is 6.40. The number of carbonyl (C=O) groups excluding carboxylic acids is 2. The van der Waals surface area contributed by atoms with Crippen LogP contribution in [0.5, 0.6) is 5.75 Å². The van der Waals surface area contributed by atoms with Crippen molar-refractivity contribution in [1.82, 2.24) is 4.98 Å². The van der Waals surface area contributed by atoms with Crippen molar-refractivity contribution in [3.63, 3.8) is 0 Å². The van der Waals surface area contributed by atoms with Gasteiger partial charge in [0.2, 0.25) is 5.91 Å². The number of fused-ring (bicyclic) bond motifs is 3. The van der Waals surface area contributed by atoms with E-state index in [2.05, 4.69) is 9.72 Å². The van der Waals surface area contributed by atoms with E-state index < -0.39 is 23.9 Å². The molecule has 0 radical (unpaired) electrons. The topological polar surface area (TPSA) is 98.7 Å². The maximum atomic E-state index is 13.6. The molecule has 7 nitrogen and oxygen atoms in total. The van der Waals surface area contributed by atoms with E-state index in [0.29, 0.717) is 6.42 Å². The standard InChI is InChI=1S/C23H16Cl3F2N3O4/c1-2-17(26)31(19-13(24)8-30-9-14(19)25)22(33)10-3-5-15-12(7-10)18-11(21(29)32)4-6-16(20(18)34-15)35-23(27)28/h3-9,17,23H,2H2,1H3,(H2,29,32). The van der Waals surface area contributed by atoms with Crippen LogP contribution in [0.15, 0.2) is 47.1 Å². The van der Waals surface area contributed by atoms with E-state index in [4.69, 9.17) is 45.0 Å². The number of nitrogens with zero attached hydrogens (tertiary/aromatic N) is 2. The second-order valence-electron chi connectivity index (χ2n) is 7.34. The van der Waals surface area contributed by atoms with Gasteiger partial charge in [0.25, 0.3) is 5.91 Å². The minimum absolute atomic E-state index is 0.00539. The molecule has 2 aromatic carbocycles. The first-order valence-corrected chi connectivity index (χ1v) is 11.3. The zero-order chi connectivity index (χ0) is 25.4. The molecule has 0 aliphatic carbocycles. The lowest BCUT2D eigenvalue weighted by Gasteiger charge is -2.28. The maximum absolute atomic E-state index is 13.6. The Bertz CT molecular complexity index is 1440. The van der Waals surface area contributed by atoms with Crippen molar-refractivity contribution in [2.45, 2.75) is 25.5 Å².